The molecule has 1 nitrogen and oxygen atoms in total. The molecule has 0 saturated heterocycles. The van der Waals surface area contributed by atoms with Crippen molar-refractivity contribution < 1.29 is 0 Å². The minimum Gasteiger partial charge on any atom is -0.313 e. The number of nitrogens with one attached hydrogen (secondary N) is 1. The largest absolute Gasteiger partial charge is 0.313 e. The van der Waals surface area contributed by atoms with Gasteiger partial charge in [-0.1, -0.05) is 47.2 Å². The van der Waals surface area contributed by atoms with Crippen molar-refractivity contribution in [2.45, 2.75) is 39.7 Å². The number of aryl methyl sites for hydroxylation is 2. The molecule has 1 N–H and O–H groups in total. The first-order chi connectivity index (χ1) is 7.75. The van der Waals surface area contributed by atoms with E-state index in [9.17, 15) is 0 Å². The number of benzene rings is 1. The van der Waals surface area contributed by atoms with Crippen molar-refractivity contribution in [1.82, 2.24) is 5.32 Å². The monoisotopic (exact) mass is 331 g/mol. The normalized spacial score (nSPS) is 10.7. The van der Waals surface area contributed by atoms with Gasteiger partial charge in [-0.15, -0.1) is 0 Å². The van der Waals surface area contributed by atoms with Gasteiger partial charge < -0.3 is 5.32 Å². The van der Waals surface area contributed by atoms with Gasteiger partial charge in [0.15, 0.2) is 0 Å². The van der Waals surface area contributed by atoms with Crippen LogP contribution in [0.1, 0.15) is 36.0 Å². The topological polar surface area (TPSA) is 12.0 Å². The van der Waals surface area contributed by atoms with E-state index >= 15 is 0 Å². The summed E-state index contributed by atoms with van der Waals surface area (Å²) in [6, 6.07) is 6.52. The Morgan fingerprint density at radius 2 is 1.75 bits per heavy atom. The second-order valence-corrected chi connectivity index (χ2v) is 5.38. The summed E-state index contributed by atoms with van der Waals surface area (Å²) in [5, 5.41) is 3.54. The predicted molar refractivity (Wildman–Crippen MR) is 80.4 cm³/mol. The second-order valence-electron chi connectivity index (χ2n) is 4.30. The van der Waals surface area contributed by atoms with Crippen molar-refractivity contribution >= 4 is 22.6 Å². The Hall–Kier alpha value is -0.0900. The maximum absolute atomic E-state index is 3.54. The fourth-order valence-corrected chi connectivity index (χ4v) is 2.40. The van der Waals surface area contributed by atoms with Gasteiger partial charge >= 0.3 is 0 Å². The molecule has 0 saturated carbocycles. The molecule has 1 aromatic carbocycles. The van der Waals surface area contributed by atoms with Gasteiger partial charge in [0.1, 0.15) is 0 Å². The molecule has 0 amide bonds. The first-order valence-corrected chi connectivity index (χ1v) is 7.60. The number of hydrogen-bond acceptors (Lipinski definition) is 1. The lowest BCUT2D eigenvalue weighted by molar-refractivity contribution is 0.617. The third kappa shape index (κ3) is 4.83. The van der Waals surface area contributed by atoms with E-state index in [-0.39, 0.29) is 0 Å². The molecule has 0 bridgehead atoms. The minimum atomic E-state index is 1.02. The van der Waals surface area contributed by atoms with Crippen molar-refractivity contribution in [3.05, 3.63) is 34.9 Å². The fourth-order valence-electron chi connectivity index (χ4n) is 1.86. The van der Waals surface area contributed by atoms with Gasteiger partial charge in [0, 0.05) is 6.54 Å². The molecule has 0 heterocycles. The summed E-state index contributed by atoms with van der Waals surface area (Å²) in [5.41, 5.74) is 4.27. The highest BCUT2D eigenvalue weighted by Gasteiger charge is 2.00. The van der Waals surface area contributed by atoms with Gasteiger partial charge in [-0.25, -0.2) is 0 Å². The molecule has 0 radical (unpaired) electrons. The zero-order valence-electron chi connectivity index (χ0n) is 10.4. The van der Waals surface area contributed by atoms with Crippen molar-refractivity contribution in [2.24, 2.45) is 0 Å². The molecular formula is C14H22IN. The summed E-state index contributed by atoms with van der Waals surface area (Å²) in [6.45, 7) is 6.55. The van der Waals surface area contributed by atoms with Crippen molar-refractivity contribution in [3.63, 3.8) is 0 Å². The number of rotatable bonds is 7. The molecule has 16 heavy (non-hydrogen) atoms. The molecule has 0 aliphatic rings. The quantitative estimate of drug-likeness (QED) is 0.452. The number of halogens is 1. The Labute approximate surface area is 113 Å². The minimum absolute atomic E-state index is 1.02. The SMILES string of the molecule is Cc1cccc(C)c1CNCCCCCI. The Morgan fingerprint density at radius 3 is 2.38 bits per heavy atom. The van der Waals surface area contributed by atoms with Gasteiger partial charge in [-0.2, -0.15) is 0 Å². The van der Waals surface area contributed by atoms with E-state index in [4.69, 9.17) is 0 Å². The van der Waals surface area contributed by atoms with E-state index in [1.54, 1.807) is 0 Å². The van der Waals surface area contributed by atoms with Crippen LogP contribution in [-0.2, 0) is 6.54 Å². The molecule has 1 rings (SSSR count). The molecule has 2 heteroatoms. The molecule has 0 atom stereocenters. The van der Waals surface area contributed by atoms with E-state index in [1.807, 2.05) is 0 Å². The predicted octanol–water partition coefficient (Wildman–Crippen LogP) is 4.00. The molecule has 90 valence electrons. The van der Waals surface area contributed by atoms with E-state index in [1.165, 1.54) is 40.4 Å². The molecule has 1 aromatic rings. The lowest BCUT2D eigenvalue weighted by Crippen LogP contribution is -2.16. The van der Waals surface area contributed by atoms with Crippen LogP contribution < -0.4 is 5.32 Å². The molecule has 0 spiro atoms. The van der Waals surface area contributed by atoms with Crippen LogP contribution in [-0.4, -0.2) is 11.0 Å². The Kier molecular flexibility index (Phi) is 7.05. The van der Waals surface area contributed by atoms with E-state index < -0.39 is 0 Å². The van der Waals surface area contributed by atoms with Gasteiger partial charge in [0.2, 0.25) is 0 Å². The van der Waals surface area contributed by atoms with Crippen LogP contribution in [0.2, 0.25) is 0 Å². The number of unbranched alkanes of at least 4 members (excludes halogenated alkanes) is 2. The van der Waals surface area contributed by atoms with Crippen LogP contribution in [0.3, 0.4) is 0 Å². The Balaban J connectivity index is 2.26. The van der Waals surface area contributed by atoms with Gasteiger partial charge in [-0.05, 0) is 54.4 Å². The summed E-state index contributed by atoms with van der Waals surface area (Å²) in [7, 11) is 0. The zero-order chi connectivity index (χ0) is 11.8. The summed E-state index contributed by atoms with van der Waals surface area (Å²) < 4.78 is 1.29. The number of hydrogen-bond donors (Lipinski definition) is 1. The highest BCUT2D eigenvalue weighted by molar-refractivity contribution is 14.1. The van der Waals surface area contributed by atoms with Crippen molar-refractivity contribution in [1.29, 1.82) is 0 Å². The molecule has 0 aromatic heterocycles. The van der Waals surface area contributed by atoms with Crippen LogP contribution in [0.5, 0.6) is 0 Å². The first kappa shape index (κ1) is 14.0. The molecule has 0 aliphatic heterocycles. The van der Waals surface area contributed by atoms with Gasteiger partial charge in [-0.3, -0.25) is 0 Å². The maximum Gasteiger partial charge on any atom is 0.0210 e. The van der Waals surface area contributed by atoms with Crippen LogP contribution >= 0.6 is 22.6 Å². The maximum atomic E-state index is 3.54. The third-order valence-electron chi connectivity index (χ3n) is 2.93. The smallest absolute Gasteiger partial charge is 0.0210 e. The average Bonchev–Trinajstić information content (AvgIpc) is 2.26. The molecule has 0 unspecified atom stereocenters. The zero-order valence-corrected chi connectivity index (χ0v) is 12.5. The fraction of sp³-hybridized carbons (Fsp3) is 0.571. The first-order valence-electron chi connectivity index (χ1n) is 6.07. The third-order valence-corrected chi connectivity index (χ3v) is 3.70. The summed E-state index contributed by atoms with van der Waals surface area (Å²) >= 11 is 2.45. The highest BCUT2D eigenvalue weighted by atomic mass is 127. The molecular weight excluding hydrogens is 309 g/mol. The van der Waals surface area contributed by atoms with E-state index in [0.29, 0.717) is 0 Å². The van der Waals surface area contributed by atoms with E-state index in [0.717, 1.165) is 13.1 Å². The van der Waals surface area contributed by atoms with Gasteiger partial charge in [0.25, 0.3) is 0 Å². The lowest BCUT2D eigenvalue weighted by Gasteiger charge is -2.10. The lowest BCUT2D eigenvalue weighted by atomic mass is 10.0. The van der Waals surface area contributed by atoms with Gasteiger partial charge in [0.05, 0.1) is 0 Å². The standard InChI is InChI=1S/C14H22IN/c1-12-7-6-8-13(2)14(12)11-16-10-5-3-4-9-15/h6-8,16H,3-5,9-11H2,1-2H3. The highest BCUT2D eigenvalue weighted by Crippen LogP contribution is 2.12. The van der Waals surface area contributed by atoms with Crippen molar-refractivity contribution in [2.75, 3.05) is 11.0 Å². The summed E-state index contributed by atoms with van der Waals surface area (Å²) in [4.78, 5) is 0. The Bertz CT molecular complexity index is 289. The van der Waals surface area contributed by atoms with Crippen LogP contribution in [0.15, 0.2) is 18.2 Å². The molecule has 0 fully saturated rings. The summed E-state index contributed by atoms with van der Waals surface area (Å²) in [6.07, 6.45) is 4.00. The van der Waals surface area contributed by atoms with E-state index in [2.05, 4.69) is 60.0 Å². The number of alkyl halides is 1. The average molecular weight is 331 g/mol. The van der Waals surface area contributed by atoms with Crippen LogP contribution in [0.25, 0.3) is 0 Å². The molecule has 0 aliphatic carbocycles. The summed E-state index contributed by atoms with van der Waals surface area (Å²) in [5.74, 6) is 0. The van der Waals surface area contributed by atoms with Crippen LogP contribution in [0, 0.1) is 13.8 Å². The van der Waals surface area contributed by atoms with Crippen LogP contribution in [0.4, 0.5) is 0 Å². The van der Waals surface area contributed by atoms with Crippen molar-refractivity contribution in [3.8, 4) is 0 Å². The second kappa shape index (κ2) is 8.07. The Morgan fingerprint density at radius 1 is 1.06 bits per heavy atom.